The third-order valence-electron chi connectivity index (χ3n) is 3.57. The van der Waals surface area contributed by atoms with Gasteiger partial charge < -0.3 is 0 Å². The van der Waals surface area contributed by atoms with Gasteiger partial charge in [0.25, 0.3) is 5.56 Å². The van der Waals surface area contributed by atoms with Gasteiger partial charge in [-0.05, 0) is 37.6 Å². The van der Waals surface area contributed by atoms with E-state index in [0.717, 1.165) is 21.4 Å². The lowest BCUT2D eigenvalue weighted by Crippen LogP contribution is -2.24. The third-order valence-corrected chi connectivity index (χ3v) is 4.06. The minimum atomic E-state index is -0.000579. The van der Waals surface area contributed by atoms with Crippen LogP contribution in [0.15, 0.2) is 51.7 Å². The summed E-state index contributed by atoms with van der Waals surface area (Å²) in [6, 6.07) is 13.8. The quantitative estimate of drug-likeness (QED) is 0.709. The maximum Gasteiger partial charge on any atom is 0.261 e. The van der Waals surface area contributed by atoms with Crippen molar-refractivity contribution in [2.45, 2.75) is 20.4 Å². The van der Waals surface area contributed by atoms with Crippen molar-refractivity contribution >= 4 is 26.8 Å². The lowest BCUT2D eigenvalue weighted by atomic mass is 10.1. The molecule has 1 aromatic heterocycles. The molecule has 0 saturated carbocycles. The van der Waals surface area contributed by atoms with Crippen LogP contribution in [0.2, 0.25) is 0 Å². The smallest absolute Gasteiger partial charge is 0.261 e. The van der Waals surface area contributed by atoms with Gasteiger partial charge in [-0.3, -0.25) is 9.36 Å². The summed E-state index contributed by atoms with van der Waals surface area (Å²) >= 11 is 3.41. The molecule has 0 saturated heterocycles. The van der Waals surface area contributed by atoms with Crippen molar-refractivity contribution in [3.63, 3.8) is 0 Å². The zero-order chi connectivity index (χ0) is 15.0. The van der Waals surface area contributed by atoms with Crippen molar-refractivity contribution in [2.75, 3.05) is 0 Å². The summed E-state index contributed by atoms with van der Waals surface area (Å²) in [7, 11) is 0. The Kier molecular flexibility index (Phi) is 3.64. The first-order valence-corrected chi connectivity index (χ1v) is 7.56. The number of rotatable bonds is 2. The first-order chi connectivity index (χ1) is 10.0. The number of hydrogen-bond acceptors (Lipinski definition) is 2. The summed E-state index contributed by atoms with van der Waals surface area (Å²) in [4.78, 5) is 17.2. The van der Waals surface area contributed by atoms with E-state index in [9.17, 15) is 4.79 Å². The first kappa shape index (κ1) is 14.0. The molecular formula is C17H15BrN2O. The molecule has 0 bridgehead atoms. The molecule has 106 valence electrons. The third kappa shape index (κ3) is 2.76. The van der Waals surface area contributed by atoms with E-state index < -0.39 is 0 Å². The van der Waals surface area contributed by atoms with Crippen LogP contribution in [0.5, 0.6) is 0 Å². The maximum absolute atomic E-state index is 12.7. The van der Waals surface area contributed by atoms with Gasteiger partial charge in [-0.1, -0.05) is 45.8 Å². The van der Waals surface area contributed by atoms with E-state index in [1.54, 1.807) is 4.57 Å². The van der Waals surface area contributed by atoms with Gasteiger partial charge in [0.05, 0.1) is 17.4 Å². The summed E-state index contributed by atoms with van der Waals surface area (Å²) in [5, 5.41) is 0.641. The molecule has 21 heavy (non-hydrogen) atoms. The highest BCUT2D eigenvalue weighted by molar-refractivity contribution is 9.10. The SMILES string of the molecule is Cc1ccc(Cn2c(C)nc3ccc(Br)cc3c2=O)cc1. The average molecular weight is 343 g/mol. The van der Waals surface area contributed by atoms with Crippen molar-refractivity contribution in [1.82, 2.24) is 9.55 Å². The second kappa shape index (κ2) is 5.45. The Morgan fingerprint density at radius 2 is 1.81 bits per heavy atom. The van der Waals surface area contributed by atoms with E-state index in [0.29, 0.717) is 11.9 Å². The maximum atomic E-state index is 12.7. The molecule has 0 aliphatic heterocycles. The van der Waals surface area contributed by atoms with Gasteiger partial charge in [0.15, 0.2) is 0 Å². The predicted molar refractivity (Wildman–Crippen MR) is 88.7 cm³/mol. The van der Waals surface area contributed by atoms with Crippen LogP contribution in [0.1, 0.15) is 17.0 Å². The lowest BCUT2D eigenvalue weighted by Gasteiger charge is -2.11. The Bertz CT molecular complexity index is 866. The van der Waals surface area contributed by atoms with E-state index in [4.69, 9.17) is 0 Å². The molecule has 0 aliphatic rings. The summed E-state index contributed by atoms with van der Waals surface area (Å²) in [5.74, 6) is 0.732. The Morgan fingerprint density at radius 3 is 2.52 bits per heavy atom. The molecule has 0 unspecified atom stereocenters. The Morgan fingerprint density at radius 1 is 1.10 bits per heavy atom. The molecule has 4 heteroatoms. The summed E-state index contributed by atoms with van der Waals surface area (Å²) in [6.45, 7) is 4.47. The molecular weight excluding hydrogens is 328 g/mol. The van der Waals surface area contributed by atoms with E-state index >= 15 is 0 Å². The van der Waals surface area contributed by atoms with Crippen LogP contribution in [-0.2, 0) is 6.54 Å². The molecule has 0 aliphatic carbocycles. The highest BCUT2D eigenvalue weighted by Crippen LogP contribution is 2.16. The fourth-order valence-corrected chi connectivity index (χ4v) is 2.73. The minimum absolute atomic E-state index is 0.000579. The van der Waals surface area contributed by atoms with Crippen molar-refractivity contribution in [1.29, 1.82) is 0 Å². The van der Waals surface area contributed by atoms with Gasteiger partial charge in [0.2, 0.25) is 0 Å². The van der Waals surface area contributed by atoms with Gasteiger partial charge in [-0.25, -0.2) is 4.98 Å². The molecule has 3 nitrogen and oxygen atoms in total. The van der Waals surface area contributed by atoms with Crippen LogP contribution in [0.4, 0.5) is 0 Å². The fourth-order valence-electron chi connectivity index (χ4n) is 2.37. The second-order valence-corrected chi connectivity index (χ2v) is 6.11. The van der Waals surface area contributed by atoms with Crippen LogP contribution in [0, 0.1) is 13.8 Å². The monoisotopic (exact) mass is 342 g/mol. The molecule has 0 radical (unpaired) electrons. The van der Waals surface area contributed by atoms with Crippen molar-refractivity contribution in [3.05, 3.63) is 74.2 Å². The normalized spacial score (nSPS) is 11.0. The molecule has 3 aromatic rings. The molecule has 1 heterocycles. The molecule has 0 atom stereocenters. The van der Waals surface area contributed by atoms with Crippen LogP contribution >= 0.6 is 15.9 Å². The first-order valence-electron chi connectivity index (χ1n) is 6.77. The average Bonchev–Trinajstić information content (AvgIpc) is 2.46. The van der Waals surface area contributed by atoms with Crippen LogP contribution in [0.25, 0.3) is 10.9 Å². The number of aromatic nitrogens is 2. The van der Waals surface area contributed by atoms with Crippen molar-refractivity contribution < 1.29 is 0 Å². The topological polar surface area (TPSA) is 34.9 Å². The number of halogens is 1. The Labute approximate surface area is 131 Å². The van der Waals surface area contributed by atoms with Gasteiger partial charge >= 0.3 is 0 Å². The summed E-state index contributed by atoms with van der Waals surface area (Å²) < 4.78 is 2.61. The van der Waals surface area contributed by atoms with E-state index in [1.807, 2.05) is 37.3 Å². The van der Waals surface area contributed by atoms with Gasteiger partial charge in [-0.15, -0.1) is 0 Å². The summed E-state index contributed by atoms with van der Waals surface area (Å²) in [6.07, 6.45) is 0. The standard InChI is InChI=1S/C17H15BrN2O/c1-11-3-5-13(6-4-11)10-20-12(2)19-16-8-7-14(18)9-15(16)17(20)21/h3-9H,10H2,1-2H3. The molecule has 2 aromatic carbocycles. The van der Waals surface area contributed by atoms with Crippen LogP contribution < -0.4 is 5.56 Å². The van der Waals surface area contributed by atoms with Gasteiger partial charge in [0.1, 0.15) is 5.82 Å². The van der Waals surface area contributed by atoms with E-state index in [2.05, 4.69) is 40.0 Å². The Hall–Kier alpha value is -1.94. The number of aryl methyl sites for hydroxylation is 2. The largest absolute Gasteiger partial charge is 0.292 e. The number of benzene rings is 2. The van der Waals surface area contributed by atoms with E-state index in [1.165, 1.54) is 5.56 Å². The zero-order valence-corrected chi connectivity index (χ0v) is 13.5. The van der Waals surface area contributed by atoms with Gasteiger partial charge in [0, 0.05) is 4.47 Å². The highest BCUT2D eigenvalue weighted by atomic mass is 79.9. The second-order valence-electron chi connectivity index (χ2n) is 5.20. The van der Waals surface area contributed by atoms with Crippen molar-refractivity contribution in [2.24, 2.45) is 0 Å². The van der Waals surface area contributed by atoms with E-state index in [-0.39, 0.29) is 5.56 Å². The summed E-state index contributed by atoms with van der Waals surface area (Å²) in [5.41, 5.74) is 3.05. The molecule has 0 spiro atoms. The van der Waals surface area contributed by atoms with Crippen LogP contribution in [-0.4, -0.2) is 9.55 Å². The van der Waals surface area contributed by atoms with Gasteiger partial charge in [-0.2, -0.15) is 0 Å². The molecule has 0 N–H and O–H groups in total. The highest BCUT2D eigenvalue weighted by Gasteiger charge is 2.09. The van der Waals surface area contributed by atoms with Crippen LogP contribution in [0.3, 0.4) is 0 Å². The lowest BCUT2D eigenvalue weighted by molar-refractivity contribution is 0.712. The predicted octanol–water partition coefficient (Wildman–Crippen LogP) is 3.82. The number of hydrogen-bond donors (Lipinski definition) is 0. The number of fused-ring (bicyclic) bond motifs is 1. The Balaban J connectivity index is 2.13. The zero-order valence-electron chi connectivity index (χ0n) is 11.9. The number of nitrogens with zero attached hydrogens (tertiary/aromatic N) is 2. The molecule has 0 amide bonds. The van der Waals surface area contributed by atoms with Crippen molar-refractivity contribution in [3.8, 4) is 0 Å². The molecule has 0 fully saturated rings. The minimum Gasteiger partial charge on any atom is -0.292 e. The fraction of sp³-hybridized carbons (Fsp3) is 0.176. The molecule has 3 rings (SSSR count).